The lowest BCUT2D eigenvalue weighted by Gasteiger charge is -2.46. The van der Waals surface area contributed by atoms with Crippen molar-refractivity contribution in [2.45, 2.75) is 38.4 Å². The number of benzene rings is 1. The third-order valence-corrected chi connectivity index (χ3v) is 4.41. The minimum atomic E-state index is -0.792. The molecule has 1 aliphatic heterocycles. The molecule has 2 atom stereocenters. The molecule has 6 heteroatoms. The van der Waals surface area contributed by atoms with Gasteiger partial charge in [-0.3, -0.25) is 19.8 Å². The maximum Gasteiger partial charge on any atom is 0.246 e. The highest BCUT2D eigenvalue weighted by molar-refractivity contribution is 9.10. The van der Waals surface area contributed by atoms with Gasteiger partial charge in [0.2, 0.25) is 11.8 Å². The number of amides is 2. The highest BCUT2D eigenvalue weighted by Crippen LogP contribution is 2.32. The third kappa shape index (κ3) is 3.17. The van der Waals surface area contributed by atoms with Crippen LogP contribution < -0.4 is 11.1 Å². The van der Waals surface area contributed by atoms with Gasteiger partial charge in [-0.25, -0.2) is 0 Å². The average Bonchev–Trinajstić information content (AvgIpc) is 2.38. The van der Waals surface area contributed by atoms with E-state index in [0.29, 0.717) is 0 Å². The summed E-state index contributed by atoms with van der Waals surface area (Å²) in [5.41, 5.74) is 6.35. The molecule has 0 radical (unpaired) electrons. The van der Waals surface area contributed by atoms with Gasteiger partial charge in [-0.2, -0.15) is 0 Å². The molecule has 5 nitrogen and oxygen atoms in total. The second kappa shape index (κ2) is 5.87. The number of carbonyl (C=O) groups is 2. The molecule has 2 rings (SSSR count). The van der Waals surface area contributed by atoms with Gasteiger partial charge in [0.15, 0.2) is 0 Å². The largest absolute Gasteiger partial charge is 0.326 e. The predicted molar refractivity (Wildman–Crippen MR) is 84.5 cm³/mol. The van der Waals surface area contributed by atoms with Crippen LogP contribution >= 0.6 is 15.9 Å². The Labute approximate surface area is 133 Å². The summed E-state index contributed by atoms with van der Waals surface area (Å²) in [6.45, 7) is 5.66. The van der Waals surface area contributed by atoms with E-state index in [2.05, 4.69) is 21.2 Å². The summed E-state index contributed by atoms with van der Waals surface area (Å²) in [6, 6.07) is 7.37. The van der Waals surface area contributed by atoms with E-state index in [1.54, 1.807) is 0 Å². The summed E-state index contributed by atoms with van der Waals surface area (Å²) in [5, 5.41) is 2.39. The van der Waals surface area contributed by atoms with E-state index in [9.17, 15) is 9.59 Å². The first-order valence-corrected chi connectivity index (χ1v) is 7.65. The van der Waals surface area contributed by atoms with Crippen molar-refractivity contribution in [2.75, 3.05) is 6.54 Å². The van der Waals surface area contributed by atoms with Crippen LogP contribution in [0.5, 0.6) is 0 Å². The molecule has 0 bridgehead atoms. The standard InChI is InChI=1S/C15H20BrN3O2/c1-9(17)13(10-4-6-11(16)7-5-10)19-8-12(20)18-14(21)15(19,2)3/h4-7,9,13H,8,17H2,1-3H3,(H,18,20,21). The lowest BCUT2D eigenvalue weighted by atomic mass is 9.90. The van der Waals surface area contributed by atoms with Crippen molar-refractivity contribution in [3.05, 3.63) is 34.3 Å². The lowest BCUT2D eigenvalue weighted by Crippen LogP contribution is -2.66. The number of imide groups is 1. The average molecular weight is 354 g/mol. The van der Waals surface area contributed by atoms with Crippen LogP contribution in [0.1, 0.15) is 32.4 Å². The monoisotopic (exact) mass is 353 g/mol. The molecule has 21 heavy (non-hydrogen) atoms. The second-order valence-corrected chi connectivity index (χ2v) is 6.84. The second-order valence-electron chi connectivity index (χ2n) is 5.92. The normalized spacial score (nSPS) is 21.8. The summed E-state index contributed by atoms with van der Waals surface area (Å²) >= 11 is 3.41. The van der Waals surface area contributed by atoms with Gasteiger partial charge in [0, 0.05) is 10.5 Å². The van der Waals surface area contributed by atoms with Crippen LogP contribution in [0.2, 0.25) is 0 Å². The molecule has 1 fully saturated rings. The van der Waals surface area contributed by atoms with E-state index in [4.69, 9.17) is 5.73 Å². The van der Waals surface area contributed by atoms with Gasteiger partial charge in [-0.05, 0) is 38.5 Å². The first-order chi connectivity index (χ1) is 9.73. The molecule has 2 unspecified atom stereocenters. The number of nitrogens with zero attached hydrogens (tertiary/aromatic N) is 1. The number of hydrogen-bond donors (Lipinski definition) is 2. The summed E-state index contributed by atoms with van der Waals surface area (Å²) in [4.78, 5) is 25.8. The highest BCUT2D eigenvalue weighted by Gasteiger charge is 2.45. The molecule has 0 aliphatic carbocycles. The number of nitrogens with two attached hydrogens (primary N) is 1. The maximum atomic E-state index is 12.1. The number of halogens is 1. The van der Waals surface area contributed by atoms with Gasteiger partial charge in [-0.15, -0.1) is 0 Å². The van der Waals surface area contributed by atoms with Gasteiger partial charge in [0.25, 0.3) is 0 Å². The smallest absolute Gasteiger partial charge is 0.246 e. The minimum Gasteiger partial charge on any atom is -0.326 e. The van der Waals surface area contributed by atoms with Crippen LogP contribution in [0.15, 0.2) is 28.7 Å². The van der Waals surface area contributed by atoms with E-state index in [1.165, 1.54) is 0 Å². The van der Waals surface area contributed by atoms with Crippen molar-refractivity contribution in [3.63, 3.8) is 0 Å². The van der Waals surface area contributed by atoms with E-state index in [-0.39, 0.29) is 30.4 Å². The van der Waals surface area contributed by atoms with Gasteiger partial charge >= 0.3 is 0 Å². The molecular formula is C15H20BrN3O2. The van der Waals surface area contributed by atoms with Crippen molar-refractivity contribution < 1.29 is 9.59 Å². The van der Waals surface area contributed by atoms with Crippen LogP contribution in [-0.4, -0.2) is 34.8 Å². The predicted octanol–water partition coefficient (Wildman–Crippen LogP) is 1.57. The molecule has 1 aromatic rings. The summed E-state index contributed by atoms with van der Waals surface area (Å²) in [7, 11) is 0. The van der Waals surface area contributed by atoms with E-state index in [0.717, 1.165) is 10.0 Å². The van der Waals surface area contributed by atoms with Crippen LogP contribution in [0.3, 0.4) is 0 Å². The maximum absolute atomic E-state index is 12.1. The highest BCUT2D eigenvalue weighted by atomic mass is 79.9. The molecule has 2 amide bonds. The summed E-state index contributed by atoms with van der Waals surface area (Å²) < 4.78 is 0.974. The molecule has 0 spiro atoms. The molecule has 0 aromatic heterocycles. The Kier molecular flexibility index (Phi) is 4.51. The minimum absolute atomic E-state index is 0.154. The summed E-state index contributed by atoms with van der Waals surface area (Å²) in [5.74, 6) is -0.580. The van der Waals surface area contributed by atoms with Crippen LogP contribution in [0, 0.1) is 0 Å². The molecular weight excluding hydrogens is 334 g/mol. The first-order valence-electron chi connectivity index (χ1n) is 6.85. The summed E-state index contributed by atoms with van der Waals surface area (Å²) in [6.07, 6.45) is 0. The molecule has 0 saturated carbocycles. The SMILES string of the molecule is CC(N)C(c1ccc(Br)cc1)N1CC(=O)NC(=O)C1(C)C. The molecule has 3 N–H and O–H groups in total. The topological polar surface area (TPSA) is 75.4 Å². The number of nitrogens with one attached hydrogen (secondary N) is 1. The van der Waals surface area contributed by atoms with Crippen LogP contribution in [-0.2, 0) is 9.59 Å². The van der Waals surface area contributed by atoms with E-state index >= 15 is 0 Å². The Bertz CT molecular complexity index is 555. The Hall–Kier alpha value is -1.24. The number of hydrogen-bond acceptors (Lipinski definition) is 4. The lowest BCUT2D eigenvalue weighted by molar-refractivity contribution is -0.147. The third-order valence-electron chi connectivity index (χ3n) is 3.89. The van der Waals surface area contributed by atoms with Crippen LogP contribution in [0.25, 0.3) is 0 Å². The Morgan fingerprint density at radius 2 is 1.86 bits per heavy atom. The fourth-order valence-electron chi connectivity index (χ4n) is 2.68. The zero-order valence-corrected chi connectivity index (χ0v) is 14.0. The quantitative estimate of drug-likeness (QED) is 0.808. The van der Waals surface area contributed by atoms with Crippen molar-refractivity contribution in [1.82, 2.24) is 10.2 Å². The van der Waals surface area contributed by atoms with Gasteiger partial charge in [-0.1, -0.05) is 28.1 Å². The number of piperazine rings is 1. The Balaban J connectivity index is 2.43. The molecule has 114 valence electrons. The number of rotatable bonds is 3. The Morgan fingerprint density at radius 1 is 1.29 bits per heavy atom. The van der Waals surface area contributed by atoms with Crippen molar-refractivity contribution in [1.29, 1.82) is 0 Å². The molecule has 1 aromatic carbocycles. The van der Waals surface area contributed by atoms with Gasteiger partial charge < -0.3 is 5.73 Å². The zero-order chi connectivity index (χ0) is 15.8. The molecule has 1 heterocycles. The number of carbonyl (C=O) groups excluding carboxylic acids is 2. The van der Waals surface area contributed by atoms with Crippen molar-refractivity contribution >= 4 is 27.7 Å². The molecule has 1 saturated heterocycles. The van der Waals surface area contributed by atoms with Crippen molar-refractivity contribution in [2.24, 2.45) is 5.73 Å². The zero-order valence-electron chi connectivity index (χ0n) is 12.4. The van der Waals surface area contributed by atoms with E-state index < -0.39 is 5.54 Å². The fourth-order valence-corrected chi connectivity index (χ4v) is 2.94. The fraction of sp³-hybridized carbons (Fsp3) is 0.467. The van der Waals surface area contributed by atoms with Gasteiger partial charge in [0.05, 0.1) is 18.1 Å². The van der Waals surface area contributed by atoms with E-state index in [1.807, 2.05) is 49.9 Å². The Morgan fingerprint density at radius 3 is 2.38 bits per heavy atom. The van der Waals surface area contributed by atoms with Crippen molar-refractivity contribution in [3.8, 4) is 0 Å². The van der Waals surface area contributed by atoms with Gasteiger partial charge in [0.1, 0.15) is 0 Å². The molecule has 1 aliphatic rings. The first kappa shape index (κ1) is 16.1. The van der Waals surface area contributed by atoms with Crippen LogP contribution in [0.4, 0.5) is 0 Å².